The summed E-state index contributed by atoms with van der Waals surface area (Å²) in [5, 5.41) is 12.0. The number of hydrogen-bond donors (Lipinski definition) is 2. The van der Waals surface area contributed by atoms with Crippen LogP contribution in [0.1, 0.15) is 39.0 Å². The molecule has 1 fully saturated rings. The second-order valence-electron chi connectivity index (χ2n) is 4.25. The van der Waals surface area contributed by atoms with Gasteiger partial charge in [0.25, 0.3) is 0 Å². The Labute approximate surface area is 101 Å². The lowest BCUT2D eigenvalue weighted by Gasteiger charge is -2.24. The first-order valence-electron chi connectivity index (χ1n) is 6.15. The molecule has 16 heavy (non-hydrogen) atoms. The molecule has 0 radical (unpaired) electrons. The predicted molar refractivity (Wildman–Crippen MR) is 66.6 cm³/mol. The van der Waals surface area contributed by atoms with E-state index >= 15 is 0 Å². The summed E-state index contributed by atoms with van der Waals surface area (Å²) >= 11 is 1.84. The predicted octanol–water partition coefficient (Wildman–Crippen LogP) is 2.21. The quantitative estimate of drug-likeness (QED) is 0.792. The highest BCUT2D eigenvalue weighted by Crippen LogP contribution is 2.30. The monoisotopic (exact) mass is 240 g/mol. The van der Waals surface area contributed by atoms with E-state index in [-0.39, 0.29) is 0 Å². The Morgan fingerprint density at radius 2 is 2.31 bits per heavy atom. The molecule has 0 amide bonds. The maximum atomic E-state index is 4.20. The summed E-state index contributed by atoms with van der Waals surface area (Å²) < 4.78 is 0. The van der Waals surface area contributed by atoms with E-state index < -0.39 is 0 Å². The van der Waals surface area contributed by atoms with Crippen molar-refractivity contribution in [3.8, 4) is 0 Å². The Morgan fingerprint density at radius 1 is 1.44 bits per heavy atom. The normalized spacial score (nSPS) is 26.6. The molecule has 90 valence electrons. The molecule has 2 unspecified atom stereocenters. The van der Waals surface area contributed by atoms with Crippen molar-refractivity contribution in [1.29, 1.82) is 0 Å². The summed E-state index contributed by atoms with van der Waals surface area (Å²) in [4.78, 5) is 4.20. The Kier molecular flexibility index (Phi) is 4.66. The van der Waals surface area contributed by atoms with E-state index in [0.717, 1.165) is 11.7 Å². The highest BCUT2D eigenvalue weighted by molar-refractivity contribution is 7.99. The second-order valence-corrected chi connectivity index (χ2v) is 5.48. The van der Waals surface area contributed by atoms with Crippen LogP contribution in [-0.4, -0.2) is 33.0 Å². The SMILES string of the molecule is CCNC1CCCCCC1Sc1ncn[nH]1. The smallest absolute Gasteiger partial charge is 0.183 e. The average Bonchev–Trinajstić information content (AvgIpc) is 2.69. The van der Waals surface area contributed by atoms with Gasteiger partial charge in [-0.3, -0.25) is 5.10 Å². The van der Waals surface area contributed by atoms with Crippen molar-refractivity contribution in [2.45, 2.75) is 55.5 Å². The number of rotatable bonds is 4. The Bertz CT molecular complexity index is 288. The van der Waals surface area contributed by atoms with Crippen molar-refractivity contribution in [3.63, 3.8) is 0 Å². The summed E-state index contributed by atoms with van der Waals surface area (Å²) in [6.07, 6.45) is 8.22. The first kappa shape index (κ1) is 11.9. The van der Waals surface area contributed by atoms with Gasteiger partial charge in [-0.05, 0) is 19.4 Å². The lowest BCUT2D eigenvalue weighted by molar-refractivity contribution is 0.482. The van der Waals surface area contributed by atoms with Gasteiger partial charge >= 0.3 is 0 Å². The van der Waals surface area contributed by atoms with Crippen molar-refractivity contribution in [3.05, 3.63) is 6.33 Å². The van der Waals surface area contributed by atoms with Gasteiger partial charge in [0, 0.05) is 11.3 Å². The zero-order chi connectivity index (χ0) is 11.2. The van der Waals surface area contributed by atoms with Gasteiger partial charge in [-0.2, -0.15) is 5.10 Å². The van der Waals surface area contributed by atoms with Crippen LogP contribution in [-0.2, 0) is 0 Å². The molecule has 0 bridgehead atoms. The van der Waals surface area contributed by atoms with E-state index in [4.69, 9.17) is 0 Å². The van der Waals surface area contributed by atoms with Crippen molar-refractivity contribution in [2.24, 2.45) is 0 Å². The molecular formula is C11H20N4S. The number of nitrogens with zero attached hydrogens (tertiary/aromatic N) is 2. The van der Waals surface area contributed by atoms with E-state index in [9.17, 15) is 0 Å². The first-order chi connectivity index (χ1) is 7.90. The van der Waals surface area contributed by atoms with Crippen LogP contribution < -0.4 is 5.32 Å². The fraction of sp³-hybridized carbons (Fsp3) is 0.818. The summed E-state index contributed by atoms with van der Waals surface area (Å²) in [5.41, 5.74) is 0. The molecule has 1 aromatic heterocycles. The number of H-pyrrole nitrogens is 1. The van der Waals surface area contributed by atoms with Gasteiger partial charge < -0.3 is 5.32 Å². The van der Waals surface area contributed by atoms with Gasteiger partial charge in [-0.15, -0.1) is 0 Å². The van der Waals surface area contributed by atoms with Gasteiger partial charge in [-0.25, -0.2) is 4.98 Å². The molecule has 0 spiro atoms. The number of aromatic amines is 1. The highest BCUT2D eigenvalue weighted by atomic mass is 32.2. The molecule has 2 N–H and O–H groups in total. The molecule has 0 saturated heterocycles. The van der Waals surface area contributed by atoms with Gasteiger partial charge in [-0.1, -0.05) is 37.9 Å². The van der Waals surface area contributed by atoms with E-state index in [2.05, 4.69) is 27.4 Å². The Hall–Kier alpha value is -0.550. The second kappa shape index (κ2) is 6.25. The molecule has 0 aromatic carbocycles. The largest absolute Gasteiger partial charge is 0.313 e. The number of hydrogen-bond acceptors (Lipinski definition) is 4. The maximum Gasteiger partial charge on any atom is 0.183 e. The van der Waals surface area contributed by atoms with Crippen LogP contribution in [0.25, 0.3) is 0 Å². The summed E-state index contributed by atoms with van der Waals surface area (Å²) in [5.74, 6) is 0. The van der Waals surface area contributed by atoms with Crippen molar-refractivity contribution in [2.75, 3.05) is 6.54 Å². The van der Waals surface area contributed by atoms with E-state index in [1.54, 1.807) is 6.33 Å². The maximum absolute atomic E-state index is 4.20. The van der Waals surface area contributed by atoms with E-state index in [1.807, 2.05) is 11.8 Å². The van der Waals surface area contributed by atoms with Crippen LogP contribution in [0, 0.1) is 0 Å². The molecule has 5 heteroatoms. The summed E-state index contributed by atoms with van der Waals surface area (Å²) in [6.45, 7) is 3.24. The zero-order valence-electron chi connectivity index (χ0n) is 9.78. The molecule has 2 atom stereocenters. The lowest BCUT2D eigenvalue weighted by atomic mass is 10.1. The van der Waals surface area contributed by atoms with Crippen molar-refractivity contribution >= 4 is 11.8 Å². The molecule has 2 rings (SSSR count). The molecule has 1 saturated carbocycles. The third-order valence-corrected chi connectivity index (χ3v) is 4.36. The van der Waals surface area contributed by atoms with Gasteiger partial charge in [0.2, 0.25) is 0 Å². The van der Waals surface area contributed by atoms with Gasteiger partial charge in [0.15, 0.2) is 5.16 Å². The van der Waals surface area contributed by atoms with Crippen molar-refractivity contribution < 1.29 is 0 Å². The number of aromatic nitrogens is 3. The van der Waals surface area contributed by atoms with Gasteiger partial charge in [0.05, 0.1) is 0 Å². The summed E-state index contributed by atoms with van der Waals surface area (Å²) in [6, 6.07) is 0.627. The van der Waals surface area contributed by atoms with Crippen LogP contribution in [0.15, 0.2) is 11.5 Å². The topological polar surface area (TPSA) is 53.6 Å². The standard InChI is InChI=1S/C11H20N4S/c1-2-12-9-6-4-3-5-7-10(9)16-11-13-8-14-15-11/h8-10,12H,2-7H2,1H3,(H,13,14,15). The van der Waals surface area contributed by atoms with Gasteiger partial charge in [0.1, 0.15) is 6.33 Å². The van der Waals surface area contributed by atoms with Crippen LogP contribution in [0.3, 0.4) is 0 Å². The third-order valence-electron chi connectivity index (χ3n) is 3.07. The third kappa shape index (κ3) is 3.22. The Balaban J connectivity index is 1.96. The number of nitrogens with one attached hydrogen (secondary N) is 2. The molecule has 1 aliphatic carbocycles. The average molecular weight is 240 g/mol. The minimum Gasteiger partial charge on any atom is -0.313 e. The van der Waals surface area contributed by atoms with Crippen LogP contribution in [0.5, 0.6) is 0 Å². The molecule has 0 aliphatic heterocycles. The first-order valence-corrected chi connectivity index (χ1v) is 7.03. The molecular weight excluding hydrogens is 220 g/mol. The van der Waals surface area contributed by atoms with Crippen molar-refractivity contribution in [1.82, 2.24) is 20.5 Å². The Morgan fingerprint density at radius 3 is 3.06 bits per heavy atom. The lowest BCUT2D eigenvalue weighted by Crippen LogP contribution is -2.37. The van der Waals surface area contributed by atoms with Crippen LogP contribution in [0.4, 0.5) is 0 Å². The number of thioether (sulfide) groups is 1. The highest BCUT2D eigenvalue weighted by Gasteiger charge is 2.24. The van der Waals surface area contributed by atoms with Crippen LogP contribution in [0.2, 0.25) is 0 Å². The summed E-state index contributed by atoms with van der Waals surface area (Å²) in [7, 11) is 0. The minimum absolute atomic E-state index is 0.627. The van der Waals surface area contributed by atoms with Crippen LogP contribution >= 0.6 is 11.8 Å². The fourth-order valence-electron chi connectivity index (χ4n) is 2.30. The molecule has 1 heterocycles. The minimum atomic E-state index is 0.627. The zero-order valence-corrected chi connectivity index (χ0v) is 10.6. The molecule has 1 aliphatic rings. The van der Waals surface area contributed by atoms with E-state index in [1.165, 1.54) is 32.1 Å². The fourth-order valence-corrected chi connectivity index (χ4v) is 3.49. The van der Waals surface area contributed by atoms with E-state index in [0.29, 0.717) is 11.3 Å². The molecule has 4 nitrogen and oxygen atoms in total. The molecule has 1 aromatic rings.